The predicted molar refractivity (Wildman–Crippen MR) is 68.8 cm³/mol. The summed E-state index contributed by atoms with van der Waals surface area (Å²) < 4.78 is 5.40. The van der Waals surface area contributed by atoms with E-state index in [1.807, 2.05) is 0 Å². The SMILES string of the molecule is O=C(COc1ccc(Cl)cc1)N1CCC[C@@H]1CO. The van der Waals surface area contributed by atoms with Crippen molar-refractivity contribution in [1.82, 2.24) is 4.90 Å². The summed E-state index contributed by atoms with van der Waals surface area (Å²) >= 11 is 5.76. The van der Waals surface area contributed by atoms with E-state index in [1.54, 1.807) is 29.2 Å². The van der Waals surface area contributed by atoms with Gasteiger partial charge in [-0.1, -0.05) is 11.6 Å². The third kappa shape index (κ3) is 3.15. The molecule has 2 rings (SSSR count). The highest BCUT2D eigenvalue weighted by molar-refractivity contribution is 6.30. The van der Waals surface area contributed by atoms with Gasteiger partial charge in [-0.05, 0) is 37.1 Å². The maximum absolute atomic E-state index is 11.9. The molecule has 1 aliphatic rings. The van der Waals surface area contributed by atoms with Crippen LogP contribution in [0.15, 0.2) is 24.3 Å². The Morgan fingerprint density at radius 2 is 2.17 bits per heavy atom. The average Bonchev–Trinajstić information content (AvgIpc) is 2.86. The lowest BCUT2D eigenvalue weighted by atomic mass is 10.2. The maximum atomic E-state index is 11.9. The lowest BCUT2D eigenvalue weighted by Gasteiger charge is -2.22. The summed E-state index contributed by atoms with van der Waals surface area (Å²) in [4.78, 5) is 13.6. The molecule has 1 saturated heterocycles. The molecule has 0 saturated carbocycles. The molecule has 1 aromatic rings. The van der Waals surface area contributed by atoms with Crippen LogP contribution in [0.2, 0.25) is 5.02 Å². The van der Waals surface area contributed by atoms with Gasteiger partial charge in [0.25, 0.3) is 5.91 Å². The molecular weight excluding hydrogens is 254 g/mol. The number of halogens is 1. The molecule has 1 N–H and O–H groups in total. The molecule has 18 heavy (non-hydrogen) atoms. The number of hydrogen-bond acceptors (Lipinski definition) is 3. The van der Waals surface area contributed by atoms with Crippen LogP contribution in [-0.2, 0) is 4.79 Å². The summed E-state index contributed by atoms with van der Waals surface area (Å²) in [5.41, 5.74) is 0. The first-order chi connectivity index (χ1) is 8.70. The second-order valence-electron chi connectivity index (χ2n) is 4.31. The van der Waals surface area contributed by atoms with E-state index in [-0.39, 0.29) is 25.2 Å². The molecule has 98 valence electrons. The fraction of sp³-hybridized carbons (Fsp3) is 0.462. The second kappa shape index (κ2) is 6.07. The molecule has 1 aliphatic heterocycles. The number of carbonyl (C=O) groups is 1. The standard InChI is InChI=1S/C13H16ClNO3/c14-10-3-5-12(6-4-10)18-9-13(17)15-7-1-2-11(15)8-16/h3-6,11,16H,1-2,7-9H2/t11-/m1/s1. The summed E-state index contributed by atoms with van der Waals surface area (Å²) in [6, 6.07) is 6.83. The molecule has 0 spiro atoms. The largest absolute Gasteiger partial charge is 0.484 e. The summed E-state index contributed by atoms with van der Waals surface area (Å²) in [7, 11) is 0. The van der Waals surface area contributed by atoms with E-state index >= 15 is 0 Å². The minimum Gasteiger partial charge on any atom is -0.484 e. The van der Waals surface area contributed by atoms with Gasteiger partial charge in [0.15, 0.2) is 6.61 Å². The zero-order valence-electron chi connectivity index (χ0n) is 10.0. The van der Waals surface area contributed by atoms with Gasteiger partial charge in [-0.3, -0.25) is 4.79 Å². The number of hydrogen-bond donors (Lipinski definition) is 1. The highest BCUT2D eigenvalue weighted by Crippen LogP contribution is 2.18. The molecule has 0 aliphatic carbocycles. The Labute approximate surface area is 111 Å². The Balaban J connectivity index is 1.86. The zero-order chi connectivity index (χ0) is 13.0. The molecule has 1 amide bonds. The number of carbonyl (C=O) groups excluding carboxylic acids is 1. The van der Waals surface area contributed by atoms with E-state index in [1.165, 1.54) is 0 Å². The van der Waals surface area contributed by atoms with Crippen LogP contribution < -0.4 is 4.74 Å². The normalized spacial score (nSPS) is 19.0. The highest BCUT2D eigenvalue weighted by atomic mass is 35.5. The molecular formula is C13H16ClNO3. The van der Waals surface area contributed by atoms with Crippen LogP contribution in [0.1, 0.15) is 12.8 Å². The minimum absolute atomic E-state index is 0.00185. The number of benzene rings is 1. The van der Waals surface area contributed by atoms with Crippen molar-refractivity contribution in [2.45, 2.75) is 18.9 Å². The van der Waals surface area contributed by atoms with Crippen LogP contribution >= 0.6 is 11.6 Å². The third-order valence-corrected chi connectivity index (χ3v) is 3.34. The van der Waals surface area contributed by atoms with Crippen LogP contribution in [0.25, 0.3) is 0 Å². The van der Waals surface area contributed by atoms with E-state index in [0.29, 0.717) is 17.3 Å². The molecule has 0 aromatic heterocycles. The fourth-order valence-electron chi connectivity index (χ4n) is 2.11. The summed E-state index contributed by atoms with van der Waals surface area (Å²) in [6.07, 6.45) is 1.81. The van der Waals surface area contributed by atoms with E-state index in [4.69, 9.17) is 21.4 Å². The second-order valence-corrected chi connectivity index (χ2v) is 4.74. The number of rotatable bonds is 4. The first-order valence-corrected chi connectivity index (χ1v) is 6.37. The van der Waals surface area contributed by atoms with Crippen molar-refractivity contribution in [1.29, 1.82) is 0 Å². The monoisotopic (exact) mass is 269 g/mol. The number of nitrogens with zero attached hydrogens (tertiary/aromatic N) is 1. The molecule has 5 heteroatoms. The van der Waals surface area contributed by atoms with E-state index in [2.05, 4.69) is 0 Å². The van der Waals surface area contributed by atoms with Crippen LogP contribution in [-0.4, -0.2) is 41.7 Å². The average molecular weight is 270 g/mol. The molecule has 4 nitrogen and oxygen atoms in total. The van der Waals surface area contributed by atoms with Gasteiger partial charge in [0.05, 0.1) is 12.6 Å². The number of likely N-dealkylation sites (tertiary alicyclic amines) is 1. The zero-order valence-corrected chi connectivity index (χ0v) is 10.8. The van der Waals surface area contributed by atoms with Gasteiger partial charge in [0, 0.05) is 11.6 Å². The Hall–Kier alpha value is -1.26. The molecule has 1 atom stereocenters. The van der Waals surface area contributed by atoms with Gasteiger partial charge in [-0.15, -0.1) is 0 Å². The lowest BCUT2D eigenvalue weighted by Crippen LogP contribution is -2.40. The van der Waals surface area contributed by atoms with Crippen molar-refractivity contribution >= 4 is 17.5 Å². The third-order valence-electron chi connectivity index (χ3n) is 3.08. The topological polar surface area (TPSA) is 49.8 Å². The Morgan fingerprint density at radius 1 is 1.44 bits per heavy atom. The number of amides is 1. The van der Waals surface area contributed by atoms with Crippen molar-refractivity contribution in [3.8, 4) is 5.75 Å². The molecule has 0 radical (unpaired) electrons. The lowest BCUT2D eigenvalue weighted by molar-refractivity contribution is -0.134. The van der Waals surface area contributed by atoms with Gasteiger partial charge in [-0.2, -0.15) is 0 Å². The van der Waals surface area contributed by atoms with E-state index in [9.17, 15) is 4.79 Å². The van der Waals surface area contributed by atoms with Crippen molar-refractivity contribution in [3.63, 3.8) is 0 Å². The summed E-state index contributed by atoms with van der Waals surface area (Å²) in [5.74, 6) is 0.536. The van der Waals surface area contributed by atoms with Gasteiger partial charge in [0.1, 0.15) is 5.75 Å². The predicted octanol–water partition coefficient (Wildman–Crippen LogP) is 1.70. The molecule has 1 heterocycles. The number of aliphatic hydroxyl groups excluding tert-OH is 1. The van der Waals surface area contributed by atoms with Crippen LogP contribution in [0, 0.1) is 0 Å². The van der Waals surface area contributed by atoms with Crippen molar-refractivity contribution in [2.75, 3.05) is 19.8 Å². The molecule has 1 fully saturated rings. The first kappa shape index (κ1) is 13.2. The maximum Gasteiger partial charge on any atom is 0.260 e. The molecule has 1 aromatic carbocycles. The van der Waals surface area contributed by atoms with E-state index in [0.717, 1.165) is 12.8 Å². The number of aliphatic hydroxyl groups is 1. The Kier molecular flexibility index (Phi) is 4.44. The van der Waals surface area contributed by atoms with Gasteiger partial charge in [-0.25, -0.2) is 0 Å². The van der Waals surface area contributed by atoms with Crippen LogP contribution in [0.5, 0.6) is 5.75 Å². The quantitative estimate of drug-likeness (QED) is 0.905. The summed E-state index contributed by atoms with van der Waals surface area (Å²) in [6.45, 7) is 0.721. The fourth-order valence-corrected chi connectivity index (χ4v) is 2.24. The van der Waals surface area contributed by atoms with Gasteiger partial charge in [0.2, 0.25) is 0 Å². The number of ether oxygens (including phenoxy) is 1. The Bertz CT molecular complexity index is 407. The first-order valence-electron chi connectivity index (χ1n) is 5.99. The molecule has 0 bridgehead atoms. The highest BCUT2D eigenvalue weighted by Gasteiger charge is 2.27. The van der Waals surface area contributed by atoms with Gasteiger partial charge < -0.3 is 14.7 Å². The van der Waals surface area contributed by atoms with Crippen LogP contribution in [0.3, 0.4) is 0 Å². The van der Waals surface area contributed by atoms with Crippen molar-refractivity contribution < 1.29 is 14.6 Å². The minimum atomic E-state index is -0.0819. The van der Waals surface area contributed by atoms with Gasteiger partial charge >= 0.3 is 0 Å². The van der Waals surface area contributed by atoms with Crippen molar-refractivity contribution in [2.24, 2.45) is 0 Å². The Morgan fingerprint density at radius 3 is 2.83 bits per heavy atom. The van der Waals surface area contributed by atoms with Crippen molar-refractivity contribution in [3.05, 3.63) is 29.3 Å². The smallest absolute Gasteiger partial charge is 0.260 e. The molecule has 0 unspecified atom stereocenters. The van der Waals surface area contributed by atoms with E-state index < -0.39 is 0 Å². The summed E-state index contributed by atoms with van der Waals surface area (Å²) in [5, 5.41) is 9.78. The van der Waals surface area contributed by atoms with Crippen LogP contribution in [0.4, 0.5) is 0 Å².